The Morgan fingerprint density at radius 3 is 3.04 bits per heavy atom. The zero-order chi connectivity index (χ0) is 16.5. The Morgan fingerprint density at radius 2 is 2.25 bits per heavy atom. The van der Waals surface area contributed by atoms with Gasteiger partial charge < -0.3 is 10.4 Å². The minimum Gasteiger partial charge on any atom is -0.396 e. The third-order valence-corrected chi connectivity index (χ3v) is 6.04. The molecular formula is C17H20N4O2S. The quantitative estimate of drug-likeness (QED) is 0.796. The van der Waals surface area contributed by atoms with E-state index in [0.717, 1.165) is 24.1 Å². The Hall–Kier alpha value is -1.99. The third-order valence-electron chi connectivity index (χ3n) is 5.28. The summed E-state index contributed by atoms with van der Waals surface area (Å²) in [6.45, 7) is 0.147. The summed E-state index contributed by atoms with van der Waals surface area (Å²) in [6.07, 6.45) is 6.92. The van der Waals surface area contributed by atoms with E-state index in [1.807, 2.05) is 17.5 Å². The number of hydrogen-bond donors (Lipinski definition) is 3. The fraction of sp³-hybridized carbons (Fsp3) is 0.471. The number of aliphatic hydroxyl groups excluding tert-OH is 1. The molecule has 0 aromatic carbocycles. The molecule has 24 heavy (non-hydrogen) atoms. The molecule has 2 amide bonds. The Bertz CT molecular complexity index is 720. The fourth-order valence-corrected chi connectivity index (χ4v) is 4.88. The standard InChI is InChI=1S/C17H20N4O2S/c22-8-13-10-3-4-11(6-10)15(13)20-16(23)21-17-19-14(9-24-17)12-2-1-5-18-7-12/h1-2,5,7,9-11,13,15,22H,3-4,6,8H2,(H2,19,20,21,23)/t10-,11-,13-,15+/m0/s1. The Balaban J connectivity index is 1.39. The van der Waals surface area contributed by atoms with Crippen molar-refractivity contribution in [1.82, 2.24) is 15.3 Å². The Morgan fingerprint density at radius 1 is 1.38 bits per heavy atom. The van der Waals surface area contributed by atoms with Crippen LogP contribution in [0.25, 0.3) is 11.3 Å². The van der Waals surface area contributed by atoms with Crippen molar-refractivity contribution < 1.29 is 9.90 Å². The molecule has 0 saturated heterocycles. The van der Waals surface area contributed by atoms with Crippen LogP contribution in [0.15, 0.2) is 29.9 Å². The first-order valence-electron chi connectivity index (χ1n) is 8.29. The zero-order valence-electron chi connectivity index (χ0n) is 13.2. The summed E-state index contributed by atoms with van der Waals surface area (Å²) in [6, 6.07) is 3.63. The summed E-state index contributed by atoms with van der Waals surface area (Å²) in [5.74, 6) is 1.25. The first-order chi connectivity index (χ1) is 11.7. The number of thiazole rings is 1. The second kappa shape index (κ2) is 6.49. The average Bonchev–Trinajstić information content (AvgIpc) is 3.31. The van der Waals surface area contributed by atoms with Crippen molar-refractivity contribution >= 4 is 22.5 Å². The van der Waals surface area contributed by atoms with E-state index in [9.17, 15) is 9.90 Å². The number of aliphatic hydroxyl groups is 1. The number of urea groups is 1. The van der Waals surface area contributed by atoms with Crippen LogP contribution in [0.4, 0.5) is 9.93 Å². The van der Waals surface area contributed by atoms with Gasteiger partial charge in [0.2, 0.25) is 0 Å². The van der Waals surface area contributed by atoms with Crippen LogP contribution >= 0.6 is 11.3 Å². The number of carbonyl (C=O) groups excluding carboxylic acids is 1. The number of aromatic nitrogens is 2. The molecule has 2 fully saturated rings. The van der Waals surface area contributed by atoms with Crippen molar-refractivity contribution in [3.05, 3.63) is 29.9 Å². The summed E-state index contributed by atoms with van der Waals surface area (Å²) >= 11 is 1.39. The lowest BCUT2D eigenvalue weighted by molar-refractivity contribution is 0.146. The van der Waals surface area contributed by atoms with E-state index in [2.05, 4.69) is 20.6 Å². The van der Waals surface area contributed by atoms with Crippen LogP contribution in [0.5, 0.6) is 0 Å². The van der Waals surface area contributed by atoms with Gasteiger partial charge in [-0.3, -0.25) is 10.3 Å². The molecule has 2 heterocycles. The maximum atomic E-state index is 12.3. The van der Waals surface area contributed by atoms with Crippen LogP contribution in [-0.2, 0) is 0 Å². The van der Waals surface area contributed by atoms with Gasteiger partial charge in [-0.15, -0.1) is 11.3 Å². The van der Waals surface area contributed by atoms with E-state index in [-0.39, 0.29) is 24.6 Å². The highest BCUT2D eigenvalue weighted by atomic mass is 32.1. The van der Waals surface area contributed by atoms with Crippen molar-refractivity contribution in [2.24, 2.45) is 17.8 Å². The topological polar surface area (TPSA) is 87.1 Å². The number of amides is 2. The fourth-order valence-electron chi connectivity index (χ4n) is 4.16. The monoisotopic (exact) mass is 344 g/mol. The van der Waals surface area contributed by atoms with Gasteiger partial charge in [0.05, 0.1) is 5.69 Å². The van der Waals surface area contributed by atoms with E-state index in [1.54, 1.807) is 12.4 Å². The highest BCUT2D eigenvalue weighted by molar-refractivity contribution is 7.14. The molecular weight excluding hydrogens is 324 g/mol. The van der Waals surface area contributed by atoms with Crippen LogP contribution in [0, 0.1) is 17.8 Å². The normalized spacial score (nSPS) is 28.0. The maximum absolute atomic E-state index is 12.3. The van der Waals surface area contributed by atoms with Gasteiger partial charge >= 0.3 is 6.03 Å². The van der Waals surface area contributed by atoms with Gasteiger partial charge in [-0.25, -0.2) is 9.78 Å². The molecule has 0 radical (unpaired) electrons. The molecule has 2 aliphatic carbocycles. The summed E-state index contributed by atoms with van der Waals surface area (Å²) in [4.78, 5) is 20.8. The summed E-state index contributed by atoms with van der Waals surface area (Å²) in [7, 11) is 0. The lowest BCUT2D eigenvalue weighted by atomic mass is 9.85. The van der Waals surface area contributed by atoms with Gasteiger partial charge in [-0.2, -0.15) is 0 Å². The molecule has 4 rings (SSSR count). The lowest BCUT2D eigenvalue weighted by Gasteiger charge is -2.30. The molecule has 2 aliphatic rings. The molecule has 0 unspecified atom stereocenters. The number of pyridine rings is 1. The smallest absolute Gasteiger partial charge is 0.321 e. The molecule has 6 nitrogen and oxygen atoms in total. The lowest BCUT2D eigenvalue weighted by Crippen LogP contribution is -2.46. The molecule has 4 atom stereocenters. The van der Waals surface area contributed by atoms with Crippen LogP contribution in [-0.4, -0.2) is 33.8 Å². The van der Waals surface area contributed by atoms with Crippen LogP contribution in [0.2, 0.25) is 0 Å². The van der Waals surface area contributed by atoms with E-state index >= 15 is 0 Å². The molecule has 0 aliphatic heterocycles. The Labute approximate surface area is 144 Å². The summed E-state index contributed by atoms with van der Waals surface area (Å²) in [5.41, 5.74) is 1.73. The molecule has 2 bridgehead atoms. The van der Waals surface area contributed by atoms with Crippen molar-refractivity contribution in [1.29, 1.82) is 0 Å². The van der Waals surface area contributed by atoms with Crippen LogP contribution < -0.4 is 10.6 Å². The highest BCUT2D eigenvalue weighted by Crippen LogP contribution is 2.48. The molecule has 0 spiro atoms. The summed E-state index contributed by atoms with van der Waals surface area (Å²) in [5, 5.41) is 17.9. The second-order valence-electron chi connectivity index (χ2n) is 6.58. The van der Waals surface area contributed by atoms with E-state index < -0.39 is 0 Å². The average molecular weight is 344 g/mol. The number of hydrogen-bond acceptors (Lipinski definition) is 5. The molecule has 2 saturated carbocycles. The second-order valence-corrected chi connectivity index (χ2v) is 7.44. The predicted molar refractivity (Wildman–Crippen MR) is 92.7 cm³/mol. The highest BCUT2D eigenvalue weighted by Gasteiger charge is 2.47. The predicted octanol–water partition coefficient (Wildman–Crippen LogP) is 2.73. The number of fused-ring (bicyclic) bond motifs is 2. The van der Waals surface area contributed by atoms with Gasteiger partial charge in [0.15, 0.2) is 5.13 Å². The third kappa shape index (κ3) is 2.89. The molecule has 2 aromatic rings. The van der Waals surface area contributed by atoms with E-state index in [0.29, 0.717) is 17.0 Å². The van der Waals surface area contributed by atoms with E-state index in [1.165, 1.54) is 17.8 Å². The van der Waals surface area contributed by atoms with Gasteiger partial charge in [0.1, 0.15) is 0 Å². The van der Waals surface area contributed by atoms with Crippen LogP contribution in [0.3, 0.4) is 0 Å². The SMILES string of the molecule is O=C(Nc1nc(-c2cccnc2)cs1)N[C@@H]1[C@H]2CC[C@@H](C2)[C@@H]1CO. The van der Waals surface area contributed by atoms with Crippen molar-refractivity contribution in [3.8, 4) is 11.3 Å². The first kappa shape index (κ1) is 15.5. The Kier molecular flexibility index (Phi) is 4.20. The van der Waals surface area contributed by atoms with Gasteiger partial charge in [-0.05, 0) is 43.2 Å². The summed E-state index contributed by atoms with van der Waals surface area (Å²) < 4.78 is 0. The van der Waals surface area contributed by atoms with Crippen molar-refractivity contribution in [3.63, 3.8) is 0 Å². The molecule has 126 valence electrons. The number of rotatable bonds is 4. The number of nitrogens with zero attached hydrogens (tertiary/aromatic N) is 2. The minimum absolute atomic E-state index is 0.0755. The number of carbonyl (C=O) groups is 1. The largest absolute Gasteiger partial charge is 0.396 e. The van der Waals surface area contributed by atoms with Crippen LogP contribution in [0.1, 0.15) is 19.3 Å². The molecule has 7 heteroatoms. The van der Waals surface area contributed by atoms with Gasteiger partial charge in [0.25, 0.3) is 0 Å². The number of anilines is 1. The maximum Gasteiger partial charge on any atom is 0.321 e. The number of nitrogens with one attached hydrogen (secondary N) is 2. The zero-order valence-corrected chi connectivity index (χ0v) is 14.0. The minimum atomic E-state index is -0.238. The van der Waals surface area contributed by atoms with E-state index in [4.69, 9.17) is 0 Å². The van der Waals surface area contributed by atoms with Gasteiger partial charge in [-0.1, -0.05) is 0 Å². The van der Waals surface area contributed by atoms with Crippen molar-refractivity contribution in [2.75, 3.05) is 11.9 Å². The molecule has 3 N–H and O–H groups in total. The first-order valence-corrected chi connectivity index (χ1v) is 9.17. The van der Waals surface area contributed by atoms with Gasteiger partial charge in [0, 0.05) is 41.9 Å². The molecule has 2 aromatic heterocycles. The van der Waals surface area contributed by atoms with Crippen molar-refractivity contribution in [2.45, 2.75) is 25.3 Å².